The molecule has 162 valence electrons. The van der Waals surface area contributed by atoms with Crippen molar-refractivity contribution in [3.05, 3.63) is 90.3 Å². The lowest BCUT2D eigenvalue weighted by Gasteiger charge is -2.19. The number of anilines is 3. The zero-order valence-electron chi connectivity index (χ0n) is 18.3. The fraction of sp³-hybridized carbons (Fsp3) is 0.200. The van der Waals surface area contributed by atoms with Crippen LogP contribution in [-0.2, 0) is 6.42 Å². The zero-order chi connectivity index (χ0) is 22.3. The molecule has 0 aliphatic heterocycles. The Hall–Kier alpha value is -3.84. The van der Waals surface area contributed by atoms with Crippen molar-refractivity contribution in [1.82, 2.24) is 19.9 Å². The lowest BCUT2D eigenvalue weighted by atomic mass is 10.0. The Bertz CT molecular complexity index is 1150. The van der Waals surface area contributed by atoms with Gasteiger partial charge < -0.3 is 16.0 Å². The Morgan fingerprint density at radius 1 is 0.875 bits per heavy atom. The zero-order valence-corrected chi connectivity index (χ0v) is 18.3. The molecule has 0 radical (unpaired) electrons. The van der Waals surface area contributed by atoms with Gasteiger partial charge in [0.05, 0.1) is 6.04 Å². The number of hydrogen-bond acceptors (Lipinski definition) is 7. The number of hydrogen-bond donors (Lipinski definition) is 2. The fourth-order valence-corrected chi connectivity index (χ4v) is 3.40. The summed E-state index contributed by atoms with van der Waals surface area (Å²) in [5.74, 6) is 2.73. The predicted molar refractivity (Wildman–Crippen MR) is 129 cm³/mol. The van der Waals surface area contributed by atoms with E-state index in [9.17, 15) is 0 Å². The molecule has 0 bridgehead atoms. The monoisotopic (exact) mass is 425 g/mol. The van der Waals surface area contributed by atoms with Crippen LogP contribution in [-0.4, -0.2) is 33.5 Å². The third kappa shape index (κ3) is 5.07. The minimum absolute atomic E-state index is 0.0613. The van der Waals surface area contributed by atoms with E-state index < -0.39 is 0 Å². The number of nitrogens with zero attached hydrogens (tertiary/aromatic N) is 5. The minimum atomic E-state index is 0.0613. The molecule has 2 aromatic carbocycles. The molecule has 2 aromatic heterocycles. The first-order valence-electron chi connectivity index (χ1n) is 10.6. The summed E-state index contributed by atoms with van der Waals surface area (Å²) in [5.41, 5.74) is 9.01. The molecule has 7 nitrogen and oxygen atoms in total. The van der Waals surface area contributed by atoms with Crippen molar-refractivity contribution < 1.29 is 0 Å². The second-order valence-corrected chi connectivity index (χ2v) is 7.55. The maximum atomic E-state index is 5.64. The van der Waals surface area contributed by atoms with Crippen LogP contribution in [0.5, 0.6) is 0 Å². The number of nitrogens with one attached hydrogen (secondary N) is 1. The second kappa shape index (κ2) is 9.98. The van der Waals surface area contributed by atoms with E-state index in [1.807, 2.05) is 54.4 Å². The summed E-state index contributed by atoms with van der Waals surface area (Å²) in [6, 6.07) is 22.2. The van der Waals surface area contributed by atoms with Gasteiger partial charge in [0, 0.05) is 25.0 Å². The van der Waals surface area contributed by atoms with Crippen LogP contribution in [0.4, 0.5) is 17.6 Å². The maximum absolute atomic E-state index is 5.64. The molecule has 0 saturated carbocycles. The summed E-state index contributed by atoms with van der Waals surface area (Å²) in [4.78, 5) is 20.1. The van der Waals surface area contributed by atoms with Crippen LogP contribution in [0.3, 0.4) is 0 Å². The molecule has 0 aliphatic carbocycles. The Balaban J connectivity index is 1.50. The maximum Gasteiger partial charge on any atom is 0.225 e. The van der Waals surface area contributed by atoms with E-state index >= 15 is 0 Å². The van der Waals surface area contributed by atoms with Gasteiger partial charge in [0.15, 0.2) is 5.82 Å². The lowest BCUT2D eigenvalue weighted by Crippen LogP contribution is -2.16. The molecule has 2 heterocycles. The van der Waals surface area contributed by atoms with E-state index in [1.165, 1.54) is 5.56 Å². The van der Waals surface area contributed by atoms with Crippen LogP contribution in [0.2, 0.25) is 0 Å². The highest BCUT2D eigenvalue weighted by atomic mass is 15.3. The molecular weight excluding hydrogens is 398 g/mol. The molecule has 0 fully saturated rings. The van der Waals surface area contributed by atoms with Crippen molar-refractivity contribution >= 4 is 17.6 Å². The third-order valence-electron chi connectivity index (χ3n) is 5.26. The molecule has 0 saturated heterocycles. The molecule has 3 N–H and O–H groups in total. The van der Waals surface area contributed by atoms with Gasteiger partial charge >= 0.3 is 0 Å². The van der Waals surface area contributed by atoms with Crippen LogP contribution in [0, 0.1) is 0 Å². The van der Waals surface area contributed by atoms with Gasteiger partial charge in [-0.25, -0.2) is 15.0 Å². The summed E-state index contributed by atoms with van der Waals surface area (Å²) in [6.07, 6.45) is 4.39. The van der Waals surface area contributed by atoms with Crippen molar-refractivity contribution in [2.45, 2.75) is 19.4 Å². The summed E-state index contributed by atoms with van der Waals surface area (Å²) >= 11 is 0. The molecule has 1 atom stereocenters. The SMILES string of the molecule is C[C@H](Nc1nccc(N(C)c2ccnc(-c3ccccc3)n2)n1)c1ccc(CCN)cc1. The molecule has 4 rings (SSSR count). The van der Waals surface area contributed by atoms with Gasteiger partial charge in [-0.1, -0.05) is 54.6 Å². The van der Waals surface area contributed by atoms with Crippen molar-refractivity contribution in [2.24, 2.45) is 5.73 Å². The smallest absolute Gasteiger partial charge is 0.225 e. The Morgan fingerprint density at radius 3 is 2.28 bits per heavy atom. The van der Waals surface area contributed by atoms with E-state index in [1.54, 1.807) is 12.4 Å². The topological polar surface area (TPSA) is 92.9 Å². The highest BCUT2D eigenvalue weighted by Crippen LogP contribution is 2.24. The van der Waals surface area contributed by atoms with Crippen molar-refractivity contribution in [3.8, 4) is 11.4 Å². The first kappa shape index (κ1) is 21.4. The Labute approximate surface area is 188 Å². The van der Waals surface area contributed by atoms with Crippen LogP contribution < -0.4 is 16.0 Å². The minimum Gasteiger partial charge on any atom is -0.348 e. The highest BCUT2D eigenvalue weighted by Gasteiger charge is 2.12. The molecule has 7 heteroatoms. The van der Waals surface area contributed by atoms with Gasteiger partial charge in [-0.3, -0.25) is 0 Å². The van der Waals surface area contributed by atoms with Gasteiger partial charge in [0.2, 0.25) is 5.95 Å². The summed E-state index contributed by atoms with van der Waals surface area (Å²) in [5, 5.41) is 3.39. The molecule has 32 heavy (non-hydrogen) atoms. The first-order chi connectivity index (χ1) is 15.6. The molecule has 0 unspecified atom stereocenters. The molecular formula is C25H27N7. The van der Waals surface area contributed by atoms with Crippen molar-refractivity contribution in [3.63, 3.8) is 0 Å². The van der Waals surface area contributed by atoms with E-state index in [2.05, 4.69) is 46.5 Å². The highest BCUT2D eigenvalue weighted by molar-refractivity contribution is 5.61. The summed E-state index contributed by atoms with van der Waals surface area (Å²) < 4.78 is 0. The standard InChI is InChI=1S/C25H27N7/c1-18(20-10-8-19(9-11-20)12-15-26)29-25-28-17-14-23(31-25)32(2)22-13-16-27-24(30-22)21-6-4-3-5-7-21/h3-11,13-14,16-18H,12,15,26H2,1-2H3,(H,28,29,31)/t18-/m0/s1. The average Bonchev–Trinajstić information content (AvgIpc) is 2.85. The van der Waals surface area contributed by atoms with Crippen LogP contribution in [0.1, 0.15) is 24.1 Å². The predicted octanol–water partition coefficient (Wildman–Crippen LogP) is 4.38. The molecule has 0 spiro atoms. The number of nitrogens with two attached hydrogens (primary N) is 1. The van der Waals surface area contributed by atoms with Gasteiger partial charge in [-0.15, -0.1) is 0 Å². The largest absolute Gasteiger partial charge is 0.348 e. The van der Waals surface area contributed by atoms with E-state index in [-0.39, 0.29) is 6.04 Å². The fourth-order valence-electron chi connectivity index (χ4n) is 3.40. The third-order valence-corrected chi connectivity index (χ3v) is 5.26. The number of aromatic nitrogens is 4. The van der Waals surface area contributed by atoms with E-state index in [0.717, 1.165) is 29.2 Å². The van der Waals surface area contributed by atoms with Crippen LogP contribution >= 0.6 is 0 Å². The van der Waals surface area contributed by atoms with Crippen molar-refractivity contribution in [2.75, 3.05) is 23.8 Å². The van der Waals surface area contributed by atoms with Gasteiger partial charge in [-0.2, -0.15) is 4.98 Å². The van der Waals surface area contributed by atoms with Gasteiger partial charge in [0.1, 0.15) is 11.6 Å². The molecule has 0 aliphatic rings. The number of benzene rings is 2. The van der Waals surface area contributed by atoms with Crippen LogP contribution in [0.25, 0.3) is 11.4 Å². The van der Waals surface area contributed by atoms with Crippen molar-refractivity contribution in [1.29, 1.82) is 0 Å². The second-order valence-electron chi connectivity index (χ2n) is 7.55. The summed E-state index contributed by atoms with van der Waals surface area (Å²) in [6.45, 7) is 2.74. The number of rotatable bonds is 8. The average molecular weight is 426 g/mol. The van der Waals surface area contributed by atoms with Gasteiger partial charge in [0.25, 0.3) is 0 Å². The Morgan fingerprint density at radius 2 is 1.56 bits per heavy atom. The summed E-state index contributed by atoms with van der Waals surface area (Å²) in [7, 11) is 1.93. The normalized spacial score (nSPS) is 11.7. The van der Waals surface area contributed by atoms with E-state index in [4.69, 9.17) is 15.7 Å². The molecule has 4 aromatic rings. The Kier molecular flexibility index (Phi) is 6.67. The molecule has 0 amide bonds. The first-order valence-corrected chi connectivity index (χ1v) is 10.6. The van der Waals surface area contributed by atoms with Crippen LogP contribution in [0.15, 0.2) is 79.1 Å². The quantitative estimate of drug-likeness (QED) is 0.433. The lowest BCUT2D eigenvalue weighted by molar-refractivity contribution is 0.856. The van der Waals surface area contributed by atoms with Gasteiger partial charge in [-0.05, 0) is 43.1 Å². The van der Waals surface area contributed by atoms with E-state index in [0.29, 0.717) is 18.3 Å².